The van der Waals surface area contributed by atoms with E-state index in [0.29, 0.717) is 18.6 Å². The Hall–Kier alpha value is -2.10. The molecule has 1 aliphatic rings. The van der Waals surface area contributed by atoms with Crippen LogP contribution in [0.5, 0.6) is 11.5 Å². The van der Waals surface area contributed by atoms with Gasteiger partial charge in [-0.2, -0.15) is 8.78 Å². The van der Waals surface area contributed by atoms with Gasteiger partial charge in [0.2, 0.25) is 0 Å². The van der Waals surface area contributed by atoms with Gasteiger partial charge >= 0.3 is 0 Å². The highest BCUT2D eigenvalue weighted by atomic mass is 19.3. The summed E-state index contributed by atoms with van der Waals surface area (Å²) in [5.74, 6) is 1.36. The first-order valence-electron chi connectivity index (χ1n) is 11.4. The number of phenolic OH excluding ortho intramolecular Hbond substituents is 1. The molecule has 2 nitrogen and oxygen atoms in total. The lowest BCUT2D eigenvalue weighted by Crippen LogP contribution is -2.37. The first-order chi connectivity index (χ1) is 14.5. The zero-order valence-corrected chi connectivity index (χ0v) is 20.0. The summed E-state index contributed by atoms with van der Waals surface area (Å²) in [7, 11) is 0. The Morgan fingerprint density at radius 1 is 0.935 bits per heavy atom. The highest BCUT2D eigenvalue weighted by molar-refractivity contribution is 5.58. The van der Waals surface area contributed by atoms with Gasteiger partial charge in [-0.3, -0.25) is 0 Å². The predicted molar refractivity (Wildman–Crippen MR) is 125 cm³/mol. The Bertz CT molecular complexity index is 876. The van der Waals surface area contributed by atoms with Gasteiger partial charge in [0.1, 0.15) is 17.1 Å². The molecule has 0 aliphatic carbocycles. The molecule has 1 atom stereocenters. The van der Waals surface area contributed by atoms with E-state index in [9.17, 15) is 13.9 Å². The first kappa shape index (κ1) is 25.2. The molecule has 1 aliphatic heterocycles. The topological polar surface area (TPSA) is 29.5 Å². The van der Waals surface area contributed by atoms with Crippen LogP contribution in [-0.2, 0) is 6.42 Å². The van der Waals surface area contributed by atoms with Crippen LogP contribution in [0.15, 0.2) is 35.5 Å². The molecule has 0 radical (unpaired) electrons. The Labute approximate surface area is 186 Å². The van der Waals surface area contributed by atoms with Crippen LogP contribution in [0, 0.1) is 20.8 Å². The number of allylic oxidation sites excluding steroid dienone is 5. The SMILES string of the molecule is C/C(=C\CC/C(C)=C/CCC1(C)CCc2c(C)c(O)c(C)c(C)c2O1)CCC=C(F)F. The molecule has 0 fully saturated rings. The minimum absolute atomic E-state index is 0.194. The van der Waals surface area contributed by atoms with Crippen molar-refractivity contribution < 1.29 is 18.6 Å². The van der Waals surface area contributed by atoms with E-state index in [-0.39, 0.29) is 5.60 Å². The molecule has 1 N–H and O–H groups in total. The fraction of sp³-hybridized carbons (Fsp3) is 0.556. The van der Waals surface area contributed by atoms with Crippen LogP contribution in [0.1, 0.15) is 88.0 Å². The number of rotatable bonds is 9. The fourth-order valence-corrected chi connectivity index (χ4v) is 4.25. The van der Waals surface area contributed by atoms with Crippen molar-refractivity contribution in [1.29, 1.82) is 0 Å². The summed E-state index contributed by atoms with van der Waals surface area (Å²) in [5, 5.41) is 10.3. The molecule has 4 heteroatoms. The number of ether oxygens (including phenoxy) is 1. The number of phenols is 1. The molecule has 0 saturated heterocycles. The van der Waals surface area contributed by atoms with Crippen molar-refractivity contribution in [1.82, 2.24) is 0 Å². The summed E-state index contributed by atoms with van der Waals surface area (Å²) in [5.41, 5.74) is 6.38. The van der Waals surface area contributed by atoms with Crippen LogP contribution in [0.25, 0.3) is 0 Å². The maximum Gasteiger partial charge on any atom is 0.266 e. The number of aromatic hydroxyl groups is 1. The number of fused-ring (bicyclic) bond motifs is 1. The molecule has 0 saturated carbocycles. The Kier molecular flexibility index (Phi) is 8.90. The lowest BCUT2D eigenvalue weighted by atomic mass is 9.85. The average Bonchev–Trinajstić information content (AvgIpc) is 2.70. The van der Waals surface area contributed by atoms with Gasteiger partial charge in [-0.1, -0.05) is 23.3 Å². The zero-order valence-electron chi connectivity index (χ0n) is 20.0. The molecule has 1 heterocycles. The van der Waals surface area contributed by atoms with Gasteiger partial charge in [0, 0.05) is 5.56 Å². The van der Waals surface area contributed by atoms with E-state index in [1.54, 1.807) is 0 Å². The summed E-state index contributed by atoms with van der Waals surface area (Å²) < 4.78 is 30.7. The molecule has 1 unspecified atom stereocenters. The van der Waals surface area contributed by atoms with Crippen molar-refractivity contribution in [3.05, 3.63) is 57.7 Å². The van der Waals surface area contributed by atoms with Crippen LogP contribution in [0.2, 0.25) is 0 Å². The van der Waals surface area contributed by atoms with E-state index >= 15 is 0 Å². The molecule has 31 heavy (non-hydrogen) atoms. The van der Waals surface area contributed by atoms with Gasteiger partial charge in [-0.05, 0) is 116 Å². The molecular formula is C27H38F2O2. The largest absolute Gasteiger partial charge is 0.507 e. The number of hydrogen-bond donors (Lipinski definition) is 1. The predicted octanol–water partition coefficient (Wildman–Crippen LogP) is 8.41. The number of halogens is 2. The standard InChI is InChI=1S/C27H38F2O2/c1-18(12-8-14-24(28)29)10-7-11-19(2)13-9-16-27(6)17-15-23-22(5)25(30)20(3)21(4)26(23)31-27/h10,13-14,30H,7-9,11-12,15-17H2,1-6H3/b18-10+,19-13+. The van der Waals surface area contributed by atoms with Crippen molar-refractivity contribution >= 4 is 0 Å². The third-order valence-electron chi connectivity index (χ3n) is 6.63. The van der Waals surface area contributed by atoms with Crippen LogP contribution in [0.3, 0.4) is 0 Å². The second kappa shape index (κ2) is 11.0. The third-order valence-corrected chi connectivity index (χ3v) is 6.63. The quantitative estimate of drug-likeness (QED) is 0.397. The highest BCUT2D eigenvalue weighted by Gasteiger charge is 2.33. The highest BCUT2D eigenvalue weighted by Crippen LogP contribution is 2.44. The van der Waals surface area contributed by atoms with Gasteiger partial charge in [0.05, 0.1) is 0 Å². The van der Waals surface area contributed by atoms with Gasteiger partial charge in [-0.15, -0.1) is 0 Å². The van der Waals surface area contributed by atoms with Crippen LogP contribution < -0.4 is 4.74 Å². The molecule has 0 amide bonds. The van der Waals surface area contributed by atoms with Crippen LogP contribution >= 0.6 is 0 Å². The summed E-state index contributed by atoms with van der Waals surface area (Å²) in [6.45, 7) is 12.3. The zero-order chi connectivity index (χ0) is 23.2. The molecule has 1 aromatic carbocycles. The van der Waals surface area contributed by atoms with Crippen molar-refractivity contribution in [2.45, 2.75) is 98.5 Å². The normalized spacial score (nSPS) is 19.1. The molecular weight excluding hydrogens is 394 g/mol. The van der Waals surface area contributed by atoms with Crippen molar-refractivity contribution in [3.63, 3.8) is 0 Å². The summed E-state index contributed by atoms with van der Waals surface area (Å²) in [6.07, 6.45) is 10.7. The second-order valence-electron chi connectivity index (χ2n) is 9.29. The van der Waals surface area contributed by atoms with E-state index < -0.39 is 6.08 Å². The average molecular weight is 433 g/mol. The summed E-state index contributed by atoms with van der Waals surface area (Å²) >= 11 is 0. The molecule has 172 valence electrons. The monoisotopic (exact) mass is 432 g/mol. The first-order valence-corrected chi connectivity index (χ1v) is 11.4. The van der Waals surface area contributed by atoms with E-state index in [4.69, 9.17) is 4.74 Å². The Balaban J connectivity index is 1.88. The third kappa shape index (κ3) is 6.95. The fourth-order valence-electron chi connectivity index (χ4n) is 4.25. The van der Waals surface area contributed by atoms with Crippen molar-refractivity contribution in [2.24, 2.45) is 0 Å². The molecule has 0 bridgehead atoms. The molecule has 1 aromatic rings. The maximum atomic E-state index is 12.1. The van der Waals surface area contributed by atoms with Gasteiger partial charge < -0.3 is 9.84 Å². The van der Waals surface area contributed by atoms with Gasteiger partial charge in [-0.25, -0.2) is 0 Å². The number of hydrogen-bond acceptors (Lipinski definition) is 2. The minimum Gasteiger partial charge on any atom is -0.507 e. The smallest absolute Gasteiger partial charge is 0.266 e. The molecule has 0 spiro atoms. The Morgan fingerprint density at radius 2 is 1.52 bits per heavy atom. The lowest BCUT2D eigenvalue weighted by molar-refractivity contribution is 0.0558. The van der Waals surface area contributed by atoms with E-state index in [2.05, 4.69) is 26.0 Å². The maximum absolute atomic E-state index is 12.1. The van der Waals surface area contributed by atoms with Crippen molar-refractivity contribution in [3.8, 4) is 11.5 Å². The summed E-state index contributed by atoms with van der Waals surface area (Å²) in [4.78, 5) is 0. The van der Waals surface area contributed by atoms with E-state index in [0.717, 1.165) is 72.6 Å². The van der Waals surface area contributed by atoms with Gasteiger partial charge in [0.15, 0.2) is 0 Å². The minimum atomic E-state index is -1.59. The van der Waals surface area contributed by atoms with E-state index in [1.807, 2.05) is 27.7 Å². The molecule has 2 rings (SSSR count). The Morgan fingerprint density at radius 3 is 2.13 bits per heavy atom. The second-order valence-corrected chi connectivity index (χ2v) is 9.29. The van der Waals surface area contributed by atoms with Crippen LogP contribution in [0.4, 0.5) is 8.78 Å². The lowest BCUT2D eigenvalue weighted by Gasteiger charge is -2.38. The van der Waals surface area contributed by atoms with E-state index in [1.165, 1.54) is 11.1 Å². The molecule has 0 aromatic heterocycles. The van der Waals surface area contributed by atoms with Crippen LogP contribution in [-0.4, -0.2) is 10.7 Å². The number of benzene rings is 1. The summed E-state index contributed by atoms with van der Waals surface area (Å²) in [6, 6.07) is 0. The van der Waals surface area contributed by atoms with Crippen molar-refractivity contribution in [2.75, 3.05) is 0 Å². The van der Waals surface area contributed by atoms with Gasteiger partial charge in [0.25, 0.3) is 6.08 Å².